The molecule has 1 aliphatic heterocycles. The molecule has 0 aromatic heterocycles. The van der Waals surface area contributed by atoms with Crippen molar-refractivity contribution in [3.8, 4) is 0 Å². The number of rotatable bonds is 10. The van der Waals surface area contributed by atoms with Crippen molar-refractivity contribution in [2.45, 2.75) is 63.4 Å². The van der Waals surface area contributed by atoms with Crippen LogP contribution in [0.4, 0.5) is 0 Å². The van der Waals surface area contributed by atoms with E-state index in [4.69, 9.17) is 11.6 Å². The topological polar surface area (TPSA) is 78.0 Å². The Morgan fingerprint density at radius 3 is 2.30 bits per heavy atom. The molecule has 2 aliphatic rings. The molecule has 2 amide bonds. The third-order valence-corrected chi connectivity index (χ3v) is 9.24. The first-order valence-corrected chi connectivity index (χ1v) is 14.9. The van der Waals surface area contributed by atoms with Crippen molar-refractivity contribution in [3.63, 3.8) is 0 Å². The van der Waals surface area contributed by atoms with Crippen LogP contribution in [0.5, 0.6) is 0 Å². The molecule has 0 bridgehead atoms. The number of carbonyl (C=O) groups is 2. The maximum Gasteiger partial charge on any atom is 0.243 e. The summed E-state index contributed by atoms with van der Waals surface area (Å²) in [5.41, 5.74) is 1.86. The molecule has 4 rings (SSSR count). The van der Waals surface area contributed by atoms with Crippen LogP contribution in [0.1, 0.15) is 50.2 Å². The Morgan fingerprint density at radius 2 is 1.70 bits per heavy atom. The van der Waals surface area contributed by atoms with Gasteiger partial charge in [0.25, 0.3) is 0 Å². The molecular weight excluding hydrogens is 510 g/mol. The predicted molar refractivity (Wildman–Crippen MR) is 145 cm³/mol. The van der Waals surface area contributed by atoms with Crippen LogP contribution in [0.2, 0.25) is 5.02 Å². The molecule has 37 heavy (non-hydrogen) atoms. The van der Waals surface area contributed by atoms with Crippen LogP contribution in [0.15, 0.2) is 53.4 Å². The molecule has 2 aromatic carbocycles. The second-order valence-corrected chi connectivity index (χ2v) is 12.5. The van der Waals surface area contributed by atoms with Crippen LogP contribution in [-0.4, -0.2) is 66.6 Å². The van der Waals surface area contributed by atoms with Gasteiger partial charge in [0.05, 0.1) is 11.4 Å². The first-order valence-electron chi connectivity index (χ1n) is 13.1. The second kappa shape index (κ2) is 12.0. The lowest BCUT2D eigenvalue weighted by molar-refractivity contribution is -0.138. The zero-order chi connectivity index (χ0) is 26.6. The van der Waals surface area contributed by atoms with Gasteiger partial charge in [0, 0.05) is 43.2 Å². The molecule has 2 aromatic rings. The average Bonchev–Trinajstić information content (AvgIpc) is 3.73. The van der Waals surface area contributed by atoms with Crippen molar-refractivity contribution in [2.24, 2.45) is 5.92 Å². The van der Waals surface area contributed by atoms with Gasteiger partial charge in [0.2, 0.25) is 21.8 Å². The minimum atomic E-state index is -3.83. The fourth-order valence-electron chi connectivity index (χ4n) is 4.87. The van der Waals surface area contributed by atoms with Crippen LogP contribution in [0.25, 0.3) is 0 Å². The summed E-state index contributed by atoms with van der Waals surface area (Å²) in [6.07, 6.45) is 3.88. The third-order valence-electron chi connectivity index (χ3n) is 7.15. The summed E-state index contributed by atoms with van der Waals surface area (Å²) in [5, 5.41) is 0.587. The molecule has 1 aliphatic carbocycles. The Labute approximate surface area is 225 Å². The van der Waals surface area contributed by atoms with E-state index in [1.807, 2.05) is 36.9 Å². The van der Waals surface area contributed by atoms with Gasteiger partial charge >= 0.3 is 0 Å². The number of halogens is 1. The number of carbonyl (C=O) groups excluding carboxylic acids is 2. The quantitative estimate of drug-likeness (QED) is 0.441. The van der Waals surface area contributed by atoms with E-state index in [1.165, 1.54) is 4.31 Å². The highest BCUT2D eigenvalue weighted by Crippen LogP contribution is 2.32. The smallest absolute Gasteiger partial charge is 0.243 e. The Morgan fingerprint density at radius 1 is 1.03 bits per heavy atom. The minimum Gasteiger partial charge on any atom is -0.342 e. The van der Waals surface area contributed by atoms with Gasteiger partial charge in [-0.15, -0.1) is 0 Å². The summed E-state index contributed by atoms with van der Waals surface area (Å²) in [5.74, 6) is 0.163. The van der Waals surface area contributed by atoms with E-state index in [1.54, 1.807) is 35.2 Å². The summed E-state index contributed by atoms with van der Waals surface area (Å²) < 4.78 is 28.2. The van der Waals surface area contributed by atoms with Crippen molar-refractivity contribution in [2.75, 3.05) is 26.2 Å². The van der Waals surface area contributed by atoms with Gasteiger partial charge in [0.15, 0.2) is 0 Å². The van der Waals surface area contributed by atoms with Gasteiger partial charge in [-0.25, -0.2) is 8.42 Å². The van der Waals surface area contributed by atoms with Gasteiger partial charge in [-0.3, -0.25) is 9.59 Å². The van der Waals surface area contributed by atoms with Gasteiger partial charge in [-0.2, -0.15) is 4.31 Å². The molecule has 1 saturated heterocycles. The molecule has 1 heterocycles. The fourth-order valence-corrected chi connectivity index (χ4v) is 6.57. The maximum atomic E-state index is 13.8. The molecule has 7 nitrogen and oxygen atoms in total. The zero-order valence-electron chi connectivity index (χ0n) is 21.6. The van der Waals surface area contributed by atoms with Gasteiger partial charge < -0.3 is 9.80 Å². The minimum absolute atomic E-state index is 0.0831. The molecule has 0 N–H and O–H groups in total. The number of aryl methyl sites for hydroxylation is 1. The Hall–Kier alpha value is -2.42. The zero-order valence-corrected chi connectivity index (χ0v) is 23.2. The lowest BCUT2D eigenvalue weighted by atomic mass is 10.0. The molecule has 200 valence electrons. The SMILES string of the molecule is CCCN(CC(=O)N(Cc1cccc(Cl)c1)C1CCN(C(=O)C2CC2)CC1)S(=O)(=O)c1ccc(C)cc1. The number of piperidine rings is 1. The van der Waals surface area contributed by atoms with Crippen molar-refractivity contribution >= 4 is 33.4 Å². The Kier molecular flexibility index (Phi) is 8.93. The molecule has 0 atom stereocenters. The van der Waals surface area contributed by atoms with E-state index >= 15 is 0 Å². The largest absolute Gasteiger partial charge is 0.342 e. The third kappa shape index (κ3) is 6.92. The van der Waals surface area contributed by atoms with E-state index in [9.17, 15) is 18.0 Å². The van der Waals surface area contributed by atoms with Crippen molar-refractivity contribution in [1.82, 2.24) is 14.1 Å². The summed E-state index contributed by atoms with van der Waals surface area (Å²) in [7, 11) is -3.83. The standard InChI is InChI=1S/C28H36ClN3O4S/c1-3-15-31(37(35,36)26-11-7-21(2)8-12-26)20-27(33)32(19-22-5-4-6-24(29)18-22)25-13-16-30(17-14-25)28(34)23-9-10-23/h4-8,11-12,18,23,25H,3,9-10,13-17,19-20H2,1-2H3. The fraction of sp³-hybridized carbons (Fsp3) is 0.500. The van der Waals surface area contributed by atoms with Crippen LogP contribution in [-0.2, 0) is 26.2 Å². The van der Waals surface area contributed by atoms with E-state index < -0.39 is 10.0 Å². The number of benzene rings is 2. The summed E-state index contributed by atoms with van der Waals surface area (Å²) >= 11 is 6.21. The van der Waals surface area contributed by atoms with Gasteiger partial charge in [-0.1, -0.05) is 48.4 Å². The molecular formula is C28H36ClN3O4S. The predicted octanol–water partition coefficient (Wildman–Crippen LogP) is 4.48. The molecule has 1 saturated carbocycles. The number of likely N-dealkylation sites (tertiary alicyclic amines) is 1. The highest BCUT2D eigenvalue weighted by Gasteiger charge is 2.37. The lowest BCUT2D eigenvalue weighted by Gasteiger charge is -2.39. The van der Waals surface area contributed by atoms with Crippen molar-refractivity contribution in [3.05, 3.63) is 64.7 Å². The molecule has 0 radical (unpaired) electrons. The normalized spacial score (nSPS) is 16.7. The Balaban J connectivity index is 1.54. The van der Waals surface area contributed by atoms with E-state index in [0.717, 1.165) is 24.0 Å². The number of hydrogen-bond acceptors (Lipinski definition) is 4. The molecule has 9 heteroatoms. The summed E-state index contributed by atoms with van der Waals surface area (Å²) in [6, 6.07) is 14.0. The lowest BCUT2D eigenvalue weighted by Crippen LogP contribution is -2.51. The monoisotopic (exact) mass is 545 g/mol. The first-order chi connectivity index (χ1) is 17.7. The van der Waals surface area contributed by atoms with Crippen molar-refractivity contribution < 1.29 is 18.0 Å². The first kappa shape index (κ1) is 27.6. The Bertz CT molecular complexity index is 1210. The second-order valence-electron chi connectivity index (χ2n) is 10.1. The van der Waals surface area contributed by atoms with Crippen LogP contribution in [0.3, 0.4) is 0 Å². The maximum absolute atomic E-state index is 13.8. The summed E-state index contributed by atoms with van der Waals surface area (Å²) in [6.45, 7) is 5.39. The number of hydrogen-bond donors (Lipinski definition) is 0. The number of sulfonamides is 1. The number of amides is 2. The summed E-state index contributed by atoms with van der Waals surface area (Å²) in [4.78, 5) is 30.2. The van der Waals surface area contributed by atoms with E-state index in [2.05, 4.69) is 0 Å². The van der Waals surface area contributed by atoms with Gasteiger partial charge in [0.1, 0.15) is 0 Å². The number of nitrogens with zero attached hydrogens (tertiary/aromatic N) is 3. The van der Waals surface area contributed by atoms with Gasteiger partial charge in [-0.05, 0) is 68.9 Å². The average molecular weight is 546 g/mol. The van der Waals surface area contributed by atoms with Crippen LogP contribution < -0.4 is 0 Å². The van der Waals surface area contributed by atoms with E-state index in [0.29, 0.717) is 43.9 Å². The van der Waals surface area contributed by atoms with E-state index in [-0.39, 0.29) is 41.8 Å². The van der Waals surface area contributed by atoms with Crippen LogP contribution >= 0.6 is 11.6 Å². The highest BCUT2D eigenvalue weighted by molar-refractivity contribution is 7.89. The van der Waals surface area contributed by atoms with Crippen molar-refractivity contribution in [1.29, 1.82) is 0 Å². The molecule has 0 unspecified atom stereocenters. The van der Waals surface area contributed by atoms with Crippen LogP contribution in [0, 0.1) is 12.8 Å². The molecule has 0 spiro atoms. The highest BCUT2D eigenvalue weighted by atomic mass is 35.5. The molecule has 2 fully saturated rings.